The van der Waals surface area contributed by atoms with Crippen molar-refractivity contribution in [1.82, 2.24) is 0 Å². The van der Waals surface area contributed by atoms with Gasteiger partial charge in [-0.15, -0.1) is 0 Å². The first-order valence-corrected chi connectivity index (χ1v) is 17.9. The molecule has 0 aliphatic carbocycles. The van der Waals surface area contributed by atoms with Crippen LogP contribution in [0.5, 0.6) is 5.75 Å². The van der Waals surface area contributed by atoms with Crippen molar-refractivity contribution in [3.8, 4) is 5.75 Å². The predicted octanol–water partition coefficient (Wildman–Crippen LogP) is 5.68. The summed E-state index contributed by atoms with van der Waals surface area (Å²) in [5.74, 6) is 0.619. The van der Waals surface area contributed by atoms with E-state index >= 15 is 0 Å². The number of carbonyl (C=O) groups is 1. The maximum atomic E-state index is 10.8. The summed E-state index contributed by atoms with van der Waals surface area (Å²) >= 11 is -2.33. The van der Waals surface area contributed by atoms with Gasteiger partial charge in [0.05, 0.1) is 0 Å². The molecule has 0 N–H and O–H groups in total. The van der Waals surface area contributed by atoms with Crippen molar-refractivity contribution in [3.63, 3.8) is 0 Å². The van der Waals surface area contributed by atoms with Crippen LogP contribution < -0.4 is 8.32 Å². The standard InChI is InChI=1S/C10H11O3.3C4H9.Sn/c1-9(11)12-7-8-13-10-5-3-2-4-6-10;3*1-3-4-2;/h3-6H,7-8H2,1H3;3*1,3-4H2,2H3;. The van der Waals surface area contributed by atoms with E-state index in [0.717, 1.165) is 5.75 Å². The molecule has 0 unspecified atom stereocenters. The molecular formula is C22H38O3Sn. The quantitative estimate of drug-likeness (QED) is 0.200. The molecule has 1 rings (SSSR count). The molecule has 0 aromatic heterocycles. The Bertz CT molecular complexity index is 477. The van der Waals surface area contributed by atoms with Crippen LogP contribution in [0.25, 0.3) is 0 Å². The molecule has 0 saturated heterocycles. The molecule has 0 amide bonds. The van der Waals surface area contributed by atoms with Gasteiger partial charge >= 0.3 is 165 Å². The van der Waals surface area contributed by atoms with Crippen LogP contribution in [-0.4, -0.2) is 37.6 Å². The molecule has 0 saturated carbocycles. The minimum atomic E-state index is -2.33. The van der Waals surface area contributed by atoms with Gasteiger partial charge in [0, 0.05) is 0 Å². The summed E-state index contributed by atoms with van der Waals surface area (Å²) in [6.07, 6.45) is 8.04. The molecule has 0 aliphatic heterocycles. The van der Waals surface area contributed by atoms with Crippen LogP contribution in [0.2, 0.25) is 13.3 Å². The van der Waals surface area contributed by atoms with Gasteiger partial charge in [0.1, 0.15) is 0 Å². The summed E-state index contributed by atoms with van der Waals surface area (Å²) in [7, 11) is 0. The zero-order valence-electron chi connectivity index (χ0n) is 17.3. The van der Waals surface area contributed by atoms with Gasteiger partial charge in [-0.25, -0.2) is 0 Å². The molecule has 0 spiro atoms. The average Bonchev–Trinajstić information content (AvgIpc) is 2.65. The van der Waals surface area contributed by atoms with Crippen LogP contribution in [0.15, 0.2) is 24.3 Å². The summed E-state index contributed by atoms with van der Waals surface area (Å²) in [4.78, 5) is 10.8. The first-order valence-electron chi connectivity index (χ1n) is 10.4. The second-order valence-corrected chi connectivity index (χ2v) is 20.5. The molecule has 0 bridgehead atoms. The van der Waals surface area contributed by atoms with E-state index in [1.54, 1.807) is 3.58 Å². The molecule has 0 heterocycles. The third-order valence-corrected chi connectivity index (χ3v) is 20.8. The Hall–Kier alpha value is -0.711. The molecule has 0 atom stereocenters. The zero-order valence-corrected chi connectivity index (χ0v) is 20.2. The fraction of sp³-hybridized carbons (Fsp3) is 0.682. The first-order chi connectivity index (χ1) is 12.6. The van der Waals surface area contributed by atoms with E-state index in [4.69, 9.17) is 9.47 Å². The number of ether oxygens (including phenoxy) is 2. The Morgan fingerprint density at radius 2 is 1.35 bits per heavy atom. The van der Waals surface area contributed by atoms with Gasteiger partial charge in [0.15, 0.2) is 0 Å². The van der Waals surface area contributed by atoms with Gasteiger partial charge in [-0.1, -0.05) is 0 Å². The van der Waals surface area contributed by atoms with Crippen molar-refractivity contribution in [2.45, 2.75) is 79.5 Å². The Balaban J connectivity index is 2.84. The van der Waals surface area contributed by atoms with Crippen LogP contribution in [0.4, 0.5) is 0 Å². The van der Waals surface area contributed by atoms with Gasteiger partial charge in [0.25, 0.3) is 0 Å². The molecule has 1 aromatic rings. The Labute approximate surface area is 164 Å². The minimum absolute atomic E-state index is 0.259. The molecule has 0 aliphatic rings. The van der Waals surface area contributed by atoms with Crippen molar-refractivity contribution < 1.29 is 14.3 Å². The van der Waals surface area contributed by atoms with E-state index in [2.05, 4.69) is 45.0 Å². The second kappa shape index (κ2) is 13.5. The first kappa shape index (κ1) is 23.3. The summed E-state index contributed by atoms with van der Waals surface area (Å²) in [5, 5.41) is 0. The van der Waals surface area contributed by atoms with E-state index in [0.29, 0.717) is 13.2 Å². The van der Waals surface area contributed by atoms with Gasteiger partial charge in [-0.05, 0) is 0 Å². The van der Waals surface area contributed by atoms with Crippen LogP contribution in [0.1, 0.15) is 66.2 Å². The Morgan fingerprint density at radius 3 is 1.77 bits per heavy atom. The summed E-state index contributed by atoms with van der Waals surface area (Å²) in [5.41, 5.74) is 0. The van der Waals surface area contributed by atoms with Crippen LogP contribution in [-0.2, 0) is 9.53 Å². The zero-order chi connectivity index (χ0) is 19.3. The van der Waals surface area contributed by atoms with Gasteiger partial charge in [0.2, 0.25) is 0 Å². The number of rotatable bonds is 14. The molecule has 26 heavy (non-hydrogen) atoms. The average molecular weight is 469 g/mol. The van der Waals surface area contributed by atoms with E-state index in [1.165, 1.54) is 58.8 Å². The van der Waals surface area contributed by atoms with E-state index in [-0.39, 0.29) is 5.97 Å². The second-order valence-electron chi connectivity index (χ2n) is 7.30. The molecule has 4 heteroatoms. The van der Waals surface area contributed by atoms with E-state index < -0.39 is 18.4 Å². The topological polar surface area (TPSA) is 35.5 Å². The van der Waals surface area contributed by atoms with E-state index in [9.17, 15) is 4.79 Å². The third-order valence-electron chi connectivity index (χ3n) is 5.15. The van der Waals surface area contributed by atoms with E-state index in [1.807, 2.05) is 0 Å². The number of hydrogen-bond donors (Lipinski definition) is 0. The van der Waals surface area contributed by atoms with Crippen molar-refractivity contribution >= 4 is 27.9 Å². The van der Waals surface area contributed by atoms with Crippen LogP contribution >= 0.6 is 0 Å². The predicted molar refractivity (Wildman–Crippen MR) is 113 cm³/mol. The molecule has 3 nitrogen and oxygen atoms in total. The van der Waals surface area contributed by atoms with Crippen molar-refractivity contribution in [1.29, 1.82) is 0 Å². The molecule has 1 aromatic carbocycles. The molecular weight excluding hydrogens is 431 g/mol. The normalized spacial score (nSPS) is 11.4. The van der Waals surface area contributed by atoms with Crippen LogP contribution in [0, 0.1) is 0 Å². The fourth-order valence-corrected chi connectivity index (χ4v) is 19.5. The number of hydrogen-bond acceptors (Lipinski definition) is 3. The monoisotopic (exact) mass is 470 g/mol. The Kier molecular flexibility index (Phi) is 12.1. The van der Waals surface area contributed by atoms with Crippen LogP contribution in [0.3, 0.4) is 0 Å². The molecule has 148 valence electrons. The molecule has 0 fully saturated rings. The van der Waals surface area contributed by atoms with Gasteiger partial charge < -0.3 is 0 Å². The van der Waals surface area contributed by atoms with Crippen molar-refractivity contribution in [2.75, 3.05) is 13.2 Å². The molecule has 0 radical (unpaired) electrons. The van der Waals surface area contributed by atoms with Gasteiger partial charge in [-0.2, -0.15) is 0 Å². The van der Waals surface area contributed by atoms with Crippen molar-refractivity contribution in [3.05, 3.63) is 24.3 Å². The number of esters is 1. The third kappa shape index (κ3) is 8.32. The summed E-state index contributed by atoms with van der Waals surface area (Å²) in [6, 6.07) is 8.94. The number of benzene rings is 1. The maximum absolute atomic E-state index is 10.8. The summed E-state index contributed by atoms with van der Waals surface area (Å²) in [6.45, 7) is 9.09. The van der Waals surface area contributed by atoms with Gasteiger partial charge in [-0.3, -0.25) is 0 Å². The van der Waals surface area contributed by atoms with Crippen molar-refractivity contribution in [2.24, 2.45) is 0 Å². The number of carbonyl (C=O) groups excluding carboxylic acids is 1. The summed E-state index contributed by atoms with van der Waals surface area (Å²) < 4.78 is 16.8. The SMILES string of the molecule is CCC[CH2][Sn]([CH2]CCC)([CH2]CCC)[c]1ccc(OCCOC(C)=O)cc1. The number of unbranched alkanes of at least 4 members (excludes halogenated alkanes) is 3. The Morgan fingerprint density at radius 1 is 0.846 bits per heavy atom. The fourth-order valence-electron chi connectivity index (χ4n) is 3.60.